The third kappa shape index (κ3) is 4.47. The van der Waals surface area contributed by atoms with Crippen molar-refractivity contribution in [3.05, 3.63) is 24.5 Å². The fourth-order valence-corrected chi connectivity index (χ4v) is 1.39. The van der Waals surface area contributed by atoms with Gasteiger partial charge in [0.2, 0.25) is 11.1 Å². The average Bonchev–Trinajstić information content (AvgIpc) is 2.38. The van der Waals surface area contributed by atoms with E-state index in [2.05, 4.69) is 16.0 Å². The topological polar surface area (TPSA) is 83.6 Å². The molecule has 0 radical (unpaired) electrons. The van der Waals surface area contributed by atoms with Gasteiger partial charge in [0, 0.05) is 26.0 Å². The third-order valence-electron chi connectivity index (χ3n) is 1.92. The number of urea groups is 1. The van der Waals surface area contributed by atoms with E-state index in [1.165, 1.54) is 11.1 Å². The summed E-state index contributed by atoms with van der Waals surface area (Å²) in [6, 6.07) is 2.86. The minimum Gasteiger partial charge on any atom is -0.327 e. The van der Waals surface area contributed by atoms with Crippen LogP contribution < -0.4 is 11.0 Å². The largest absolute Gasteiger partial charge is 0.333 e. The van der Waals surface area contributed by atoms with Crippen molar-refractivity contribution in [3.63, 3.8) is 0 Å². The van der Waals surface area contributed by atoms with Crippen molar-refractivity contribution in [1.29, 1.82) is 0 Å². The third-order valence-corrected chi connectivity index (χ3v) is 2.78. The zero-order chi connectivity index (χ0) is 12.7. The summed E-state index contributed by atoms with van der Waals surface area (Å²) in [5.41, 5.74) is 4.36. The number of nitrogens with zero attached hydrogens (tertiary/aromatic N) is 2. The van der Waals surface area contributed by atoms with Crippen LogP contribution >= 0.6 is 0 Å². The van der Waals surface area contributed by atoms with Crippen LogP contribution in [-0.4, -0.2) is 33.7 Å². The van der Waals surface area contributed by atoms with E-state index in [-0.39, 0.29) is 6.03 Å². The number of rotatable bonds is 5. The summed E-state index contributed by atoms with van der Waals surface area (Å²) in [6.45, 7) is 2.38. The molecule has 0 bridgehead atoms. The first kappa shape index (κ1) is 13.6. The Kier molecular flexibility index (Phi) is 5.53. The molecule has 0 saturated heterocycles. The number of hydrazine groups is 1. The lowest BCUT2D eigenvalue weighted by Gasteiger charge is -2.15. The van der Waals surface area contributed by atoms with E-state index >= 15 is 0 Å². The molecule has 1 rings (SSSR count). The van der Waals surface area contributed by atoms with Crippen molar-refractivity contribution >= 4 is 17.1 Å². The molecule has 0 spiro atoms. The Morgan fingerprint density at radius 3 is 3.00 bits per heavy atom. The second-order valence-corrected chi connectivity index (χ2v) is 4.16. The van der Waals surface area contributed by atoms with Gasteiger partial charge < -0.3 is 4.90 Å². The molecule has 1 aromatic heterocycles. The Labute approximate surface area is 102 Å². The van der Waals surface area contributed by atoms with Crippen LogP contribution in [0.5, 0.6) is 0 Å². The standard InChI is InChI=1S/C9H14N4O3S/c1-3-13(2)9(14)11-12-16-17(15)8-5-4-6-10-7-8/h4-7,12H,3H2,1-2H3,(H,11,14). The van der Waals surface area contributed by atoms with Crippen molar-refractivity contribution < 1.29 is 13.3 Å². The second-order valence-electron chi connectivity index (χ2n) is 3.05. The summed E-state index contributed by atoms with van der Waals surface area (Å²) >= 11 is -1.72. The van der Waals surface area contributed by atoms with Crippen LogP contribution in [0.4, 0.5) is 4.79 Å². The van der Waals surface area contributed by atoms with Crippen LogP contribution in [0, 0.1) is 0 Å². The summed E-state index contributed by atoms with van der Waals surface area (Å²) in [5.74, 6) is 0. The second kappa shape index (κ2) is 6.94. The number of hydrogen-bond acceptors (Lipinski definition) is 5. The Hall–Kier alpha value is -1.51. The molecular weight excluding hydrogens is 244 g/mol. The summed E-state index contributed by atoms with van der Waals surface area (Å²) in [4.78, 5) is 16.9. The van der Waals surface area contributed by atoms with Gasteiger partial charge in [0.15, 0.2) is 0 Å². The first-order valence-corrected chi connectivity index (χ1v) is 5.98. The molecule has 7 nitrogen and oxygen atoms in total. The minimum atomic E-state index is -1.72. The van der Waals surface area contributed by atoms with Crippen molar-refractivity contribution in [1.82, 2.24) is 20.9 Å². The Morgan fingerprint density at radius 1 is 1.65 bits per heavy atom. The number of hydrogen-bond donors (Lipinski definition) is 2. The number of nitrogens with one attached hydrogen (secondary N) is 2. The smallest absolute Gasteiger partial charge is 0.327 e. The lowest BCUT2D eigenvalue weighted by molar-refractivity contribution is 0.151. The van der Waals surface area contributed by atoms with Gasteiger partial charge in [-0.05, 0) is 19.1 Å². The van der Waals surface area contributed by atoms with Crippen LogP contribution in [0.1, 0.15) is 6.92 Å². The van der Waals surface area contributed by atoms with Crippen molar-refractivity contribution in [3.8, 4) is 0 Å². The quantitative estimate of drug-likeness (QED) is 0.737. The fraction of sp³-hybridized carbons (Fsp3) is 0.333. The number of pyridine rings is 1. The van der Waals surface area contributed by atoms with Gasteiger partial charge in [-0.15, -0.1) is 0 Å². The van der Waals surface area contributed by atoms with E-state index in [1.54, 1.807) is 25.4 Å². The van der Waals surface area contributed by atoms with Crippen molar-refractivity contribution in [2.45, 2.75) is 11.8 Å². The van der Waals surface area contributed by atoms with E-state index in [1.807, 2.05) is 6.92 Å². The lowest BCUT2D eigenvalue weighted by atomic mass is 10.5. The highest BCUT2D eigenvalue weighted by atomic mass is 32.2. The highest BCUT2D eigenvalue weighted by Gasteiger charge is 2.07. The minimum absolute atomic E-state index is 0.379. The number of amides is 2. The Morgan fingerprint density at radius 2 is 2.41 bits per heavy atom. The van der Waals surface area contributed by atoms with E-state index in [0.717, 1.165) is 0 Å². The van der Waals surface area contributed by atoms with Crippen LogP contribution in [0.25, 0.3) is 0 Å². The molecular formula is C9H14N4O3S. The predicted octanol–water partition coefficient (Wildman–Crippen LogP) is 0.202. The van der Waals surface area contributed by atoms with Gasteiger partial charge in [-0.2, -0.15) is 4.28 Å². The summed E-state index contributed by atoms with van der Waals surface area (Å²) < 4.78 is 16.2. The zero-order valence-electron chi connectivity index (χ0n) is 9.54. The van der Waals surface area contributed by atoms with Crippen LogP contribution in [-0.2, 0) is 15.4 Å². The lowest BCUT2D eigenvalue weighted by Crippen LogP contribution is -2.45. The van der Waals surface area contributed by atoms with E-state index in [0.29, 0.717) is 11.4 Å². The van der Waals surface area contributed by atoms with Crippen LogP contribution in [0.3, 0.4) is 0 Å². The number of carbonyl (C=O) groups excluding carboxylic acids is 1. The highest BCUT2D eigenvalue weighted by Crippen LogP contribution is 2.02. The van der Waals surface area contributed by atoms with Gasteiger partial charge in [-0.25, -0.2) is 14.4 Å². The van der Waals surface area contributed by atoms with Crippen molar-refractivity contribution in [2.24, 2.45) is 0 Å². The first-order chi connectivity index (χ1) is 8.15. The molecule has 0 saturated carbocycles. The van der Waals surface area contributed by atoms with E-state index in [9.17, 15) is 9.00 Å². The number of aromatic nitrogens is 1. The zero-order valence-corrected chi connectivity index (χ0v) is 10.4. The molecule has 0 aliphatic heterocycles. The van der Waals surface area contributed by atoms with Crippen LogP contribution in [0.2, 0.25) is 0 Å². The molecule has 1 aromatic rings. The Bertz CT molecular complexity index is 387. The molecule has 17 heavy (non-hydrogen) atoms. The van der Waals surface area contributed by atoms with Gasteiger partial charge >= 0.3 is 6.03 Å². The molecule has 1 heterocycles. The van der Waals surface area contributed by atoms with Gasteiger partial charge in [0.05, 0.1) is 4.90 Å². The van der Waals surface area contributed by atoms with Gasteiger partial charge in [-0.1, -0.05) is 5.59 Å². The molecule has 0 aromatic carbocycles. The molecule has 1 atom stereocenters. The van der Waals surface area contributed by atoms with E-state index < -0.39 is 11.1 Å². The molecule has 0 aliphatic rings. The van der Waals surface area contributed by atoms with Gasteiger partial charge in [-0.3, -0.25) is 4.98 Å². The fourth-order valence-electron chi connectivity index (χ4n) is 0.835. The molecule has 2 N–H and O–H groups in total. The number of carbonyl (C=O) groups is 1. The monoisotopic (exact) mass is 258 g/mol. The average molecular weight is 258 g/mol. The molecule has 8 heteroatoms. The maximum atomic E-state index is 11.5. The molecule has 1 unspecified atom stereocenters. The SMILES string of the molecule is CCN(C)C(=O)NNOS(=O)c1cccnc1. The molecule has 2 amide bonds. The summed E-state index contributed by atoms with van der Waals surface area (Å²) in [6.07, 6.45) is 2.98. The first-order valence-electron chi connectivity index (χ1n) is 4.90. The van der Waals surface area contributed by atoms with E-state index in [4.69, 9.17) is 4.28 Å². The summed E-state index contributed by atoms with van der Waals surface area (Å²) in [7, 11) is 1.62. The molecule has 0 fully saturated rings. The molecule has 0 aliphatic carbocycles. The normalized spacial score (nSPS) is 11.9. The maximum absolute atomic E-state index is 11.5. The predicted molar refractivity (Wildman–Crippen MR) is 61.7 cm³/mol. The highest BCUT2D eigenvalue weighted by molar-refractivity contribution is 7.80. The van der Waals surface area contributed by atoms with Gasteiger partial charge in [0.1, 0.15) is 0 Å². The van der Waals surface area contributed by atoms with Gasteiger partial charge in [0.25, 0.3) is 0 Å². The molecule has 94 valence electrons. The van der Waals surface area contributed by atoms with Crippen molar-refractivity contribution in [2.75, 3.05) is 13.6 Å². The Balaban J connectivity index is 2.33. The van der Waals surface area contributed by atoms with Crippen LogP contribution in [0.15, 0.2) is 29.4 Å². The maximum Gasteiger partial charge on any atom is 0.333 e. The summed E-state index contributed by atoms with van der Waals surface area (Å²) in [5, 5.41) is 0.